The van der Waals surface area contributed by atoms with Crippen molar-refractivity contribution in [2.45, 2.75) is 6.92 Å². The number of carbonyl (C=O) groups excluding carboxylic acids is 1. The Morgan fingerprint density at radius 1 is 1.50 bits per heavy atom. The fraction of sp³-hybridized carbons (Fsp3) is 0.600. The number of nitrogens with zero attached hydrogens (tertiary/aromatic N) is 3. The minimum absolute atomic E-state index is 0.110. The van der Waals surface area contributed by atoms with E-state index in [0.29, 0.717) is 32.1 Å². The van der Waals surface area contributed by atoms with Crippen LogP contribution >= 0.6 is 0 Å². The van der Waals surface area contributed by atoms with Crippen LogP contribution in [0.2, 0.25) is 0 Å². The number of amides is 2. The van der Waals surface area contributed by atoms with Crippen molar-refractivity contribution in [1.82, 2.24) is 14.7 Å². The first kappa shape index (κ1) is 10.9. The lowest BCUT2D eigenvalue weighted by atomic mass is 10.4. The first-order chi connectivity index (χ1) is 7.66. The van der Waals surface area contributed by atoms with Crippen LogP contribution in [-0.2, 0) is 11.8 Å². The first-order valence-electron chi connectivity index (χ1n) is 5.31. The van der Waals surface area contributed by atoms with Gasteiger partial charge >= 0.3 is 6.03 Å². The third-order valence-electron chi connectivity index (χ3n) is 2.65. The van der Waals surface area contributed by atoms with Crippen LogP contribution in [0.25, 0.3) is 0 Å². The van der Waals surface area contributed by atoms with Gasteiger partial charge in [-0.05, 0) is 6.92 Å². The summed E-state index contributed by atoms with van der Waals surface area (Å²) in [7, 11) is 1.85. The second kappa shape index (κ2) is 4.52. The van der Waals surface area contributed by atoms with Gasteiger partial charge in [-0.15, -0.1) is 0 Å². The fourth-order valence-corrected chi connectivity index (χ4v) is 1.58. The normalized spacial score (nSPS) is 16.2. The molecule has 1 aromatic heterocycles. The number of rotatable bonds is 1. The average Bonchev–Trinajstić information content (AvgIpc) is 2.59. The molecule has 2 heterocycles. The standard InChI is InChI=1S/C10H16N4O2/c1-8-7-9(12-13(8)2)11-10(15)14-3-5-16-6-4-14/h7H,3-6H2,1-2H3,(H,11,12,15). The topological polar surface area (TPSA) is 59.4 Å². The van der Waals surface area contributed by atoms with Crippen LogP contribution in [0.5, 0.6) is 0 Å². The van der Waals surface area contributed by atoms with E-state index in [9.17, 15) is 4.79 Å². The molecule has 0 saturated carbocycles. The molecule has 0 unspecified atom stereocenters. The summed E-state index contributed by atoms with van der Waals surface area (Å²) in [5.41, 5.74) is 1.01. The molecule has 0 aromatic carbocycles. The summed E-state index contributed by atoms with van der Waals surface area (Å²) in [6.45, 7) is 4.43. The Hall–Kier alpha value is -1.56. The molecular weight excluding hydrogens is 208 g/mol. The molecular formula is C10H16N4O2. The first-order valence-corrected chi connectivity index (χ1v) is 5.31. The van der Waals surface area contributed by atoms with Gasteiger partial charge in [0.1, 0.15) is 0 Å². The van der Waals surface area contributed by atoms with Crippen molar-refractivity contribution in [2.24, 2.45) is 7.05 Å². The summed E-state index contributed by atoms with van der Waals surface area (Å²) in [6.07, 6.45) is 0. The van der Waals surface area contributed by atoms with Gasteiger partial charge in [-0.2, -0.15) is 5.10 Å². The molecule has 0 spiro atoms. The molecule has 1 aromatic rings. The number of aromatic nitrogens is 2. The molecule has 0 radical (unpaired) electrons. The average molecular weight is 224 g/mol. The molecule has 0 bridgehead atoms. The summed E-state index contributed by atoms with van der Waals surface area (Å²) < 4.78 is 6.91. The van der Waals surface area contributed by atoms with Crippen LogP contribution < -0.4 is 5.32 Å². The number of anilines is 1. The SMILES string of the molecule is Cc1cc(NC(=O)N2CCOCC2)nn1C. The zero-order valence-corrected chi connectivity index (χ0v) is 9.56. The van der Waals surface area contributed by atoms with E-state index in [-0.39, 0.29) is 6.03 Å². The fourth-order valence-electron chi connectivity index (χ4n) is 1.58. The van der Waals surface area contributed by atoms with Crippen LogP contribution in [0.1, 0.15) is 5.69 Å². The highest BCUT2D eigenvalue weighted by Gasteiger charge is 2.17. The minimum Gasteiger partial charge on any atom is -0.378 e. The summed E-state index contributed by atoms with van der Waals surface area (Å²) in [6, 6.07) is 1.74. The molecule has 6 nitrogen and oxygen atoms in total. The van der Waals surface area contributed by atoms with Crippen molar-refractivity contribution in [3.63, 3.8) is 0 Å². The molecule has 1 N–H and O–H groups in total. The van der Waals surface area contributed by atoms with Crippen LogP contribution in [0.4, 0.5) is 10.6 Å². The Morgan fingerprint density at radius 2 is 2.19 bits per heavy atom. The molecule has 1 aliphatic heterocycles. The zero-order chi connectivity index (χ0) is 11.5. The molecule has 0 atom stereocenters. The Bertz CT molecular complexity index is 363. The van der Waals surface area contributed by atoms with E-state index < -0.39 is 0 Å². The summed E-state index contributed by atoms with van der Waals surface area (Å²) in [5, 5.41) is 6.94. The Balaban J connectivity index is 1.95. The third kappa shape index (κ3) is 2.33. The number of nitrogens with one attached hydrogen (secondary N) is 1. The molecule has 2 rings (SSSR count). The maximum absolute atomic E-state index is 11.8. The highest BCUT2D eigenvalue weighted by atomic mass is 16.5. The molecule has 16 heavy (non-hydrogen) atoms. The predicted molar refractivity (Wildman–Crippen MR) is 59.4 cm³/mol. The third-order valence-corrected chi connectivity index (χ3v) is 2.65. The number of morpholine rings is 1. The predicted octanol–water partition coefficient (Wildman–Crippen LogP) is 0.593. The van der Waals surface area contributed by atoms with Crippen molar-refractivity contribution in [3.05, 3.63) is 11.8 Å². The van der Waals surface area contributed by atoms with E-state index in [1.54, 1.807) is 9.58 Å². The maximum atomic E-state index is 11.8. The van der Waals surface area contributed by atoms with E-state index in [1.807, 2.05) is 20.0 Å². The number of carbonyl (C=O) groups is 1. The molecule has 1 fully saturated rings. The van der Waals surface area contributed by atoms with Gasteiger partial charge in [-0.25, -0.2) is 4.79 Å². The molecule has 88 valence electrons. The largest absolute Gasteiger partial charge is 0.378 e. The smallest absolute Gasteiger partial charge is 0.323 e. The second-order valence-electron chi connectivity index (χ2n) is 3.82. The van der Waals surface area contributed by atoms with Crippen molar-refractivity contribution in [3.8, 4) is 0 Å². The van der Waals surface area contributed by atoms with E-state index in [0.717, 1.165) is 5.69 Å². The van der Waals surface area contributed by atoms with Crippen molar-refractivity contribution in [1.29, 1.82) is 0 Å². The second-order valence-corrected chi connectivity index (χ2v) is 3.82. The Labute approximate surface area is 94.2 Å². The maximum Gasteiger partial charge on any atom is 0.323 e. The van der Waals surface area contributed by atoms with Gasteiger partial charge in [-0.3, -0.25) is 10.00 Å². The Kier molecular flexibility index (Phi) is 3.09. The van der Waals surface area contributed by atoms with Crippen LogP contribution in [0.15, 0.2) is 6.07 Å². The molecule has 2 amide bonds. The lowest BCUT2D eigenvalue weighted by Gasteiger charge is -2.26. The lowest BCUT2D eigenvalue weighted by Crippen LogP contribution is -2.43. The highest BCUT2D eigenvalue weighted by molar-refractivity contribution is 5.88. The summed E-state index contributed by atoms with van der Waals surface area (Å²) >= 11 is 0. The summed E-state index contributed by atoms with van der Waals surface area (Å²) in [5.74, 6) is 0.594. The van der Waals surface area contributed by atoms with E-state index in [4.69, 9.17) is 4.74 Å². The van der Waals surface area contributed by atoms with E-state index in [2.05, 4.69) is 10.4 Å². The molecule has 0 aliphatic carbocycles. The molecule has 1 aliphatic rings. The van der Waals surface area contributed by atoms with Crippen molar-refractivity contribution >= 4 is 11.8 Å². The number of urea groups is 1. The van der Waals surface area contributed by atoms with Gasteiger partial charge in [0, 0.05) is 31.9 Å². The number of hydrogen-bond donors (Lipinski definition) is 1. The van der Waals surface area contributed by atoms with Gasteiger partial charge in [-0.1, -0.05) is 0 Å². The monoisotopic (exact) mass is 224 g/mol. The molecule has 6 heteroatoms. The number of hydrogen-bond acceptors (Lipinski definition) is 3. The van der Waals surface area contributed by atoms with E-state index in [1.165, 1.54) is 0 Å². The van der Waals surface area contributed by atoms with Gasteiger partial charge in [0.15, 0.2) is 5.82 Å². The van der Waals surface area contributed by atoms with Crippen LogP contribution in [0.3, 0.4) is 0 Å². The summed E-state index contributed by atoms with van der Waals surface area (Å²) in [4.78, 5) is 13.5. The van der Waals surface area contributed by atoms with Gasteiger partial charge in [0.05, 0.1) is 13.2 Å². The Morgan fingerprint density at radius 3 is 2.75 bits per heavy atom. The number of ether oxygens (including phenoxy) is 1. The van der Waals surface area contributed by atoms with Gasteiger partial charge in [0.25, 0.3) is 0 Å². The van der Waals surface area contributed by atoms with Crippen molar-refractivity contribution in [2.75, 3.05) is 31.6 Å². The highest BCUT2D eigenvalue weighted by Crippen LogP contribution is 2.08. The minimum atomic E-state index is -0.110. The van der Waals surface area contributed by atoms with Gasteiger partial charge < -0.3 is 9.64 Å². The zero-order valence-electron chi connectivity index (χ0n) is 9.56. The van der Waals surface area contributed by atoms with E-state index >= 15 is 0 Å². The quantitative estimate of drug-likeness (QED) is 0.759. The van der Waals surface area contributed by atoms with Crippen LogP contribution in [0, 0.1) is 6.92 Å². The van der Waals surface area contributed by atoms with Crippen molar-refractivity contribution < 1.29 is 9.53 Å². The van der Waals surface area contributed by atoms with Crippen LogP contribution in [-0.4, -0.2) is 47.0 Å². The molecule has 1 saturated heterocycles. The van der Waals surface area contributed by atoms with Gasteiger partial charge in [0.2, 0.25) is 0 Å². The lowest BCUT2D eigenvalue weighted by molar-refractivity contribution is 0.0564. The number of aryl methyl sites for hydroxylation is 2.